The lowest BCUT2D eigenvalue weighted by atomic mass is 9.90. The highest BCUT2D eigenvalue weighted by Crippen LogP contribution is 2.34. The van der Waals surface area contributed by atoms with Crippen molar-refractivity contribution in [1.29, 1.82) is 0 Å². The molecule has 3 heteroatoms. The van der Waals surface area contributed by atoms with Gasteiger partial charge in [0.05, 0.1) is 20.3 Å². The van der Waals surface area contributed by atoms with Crippen LogP contribution in [0.1, 0.15) is 11.1 Å². The van der Waals surface area contributed by atoms with Crippen molar-refractivity contribution in [2.75, 3.05) is 27.4 Å². The van der Waals surface area contributed by atoms with Gasteiger partial charge in [-0.05, 0) is 30.2 Å². The highest BCUT2D eigenvalue weighted by molar-refractivity contribution is 5.39. The number of methoxy groups -OCH3 is 2. The normalized spacial score (nSPS) is 18.3. The summed E-state index contributed by atoms with van der Waals surface area (Å²) in [6.07, 6.45) is 0. The van der Waals surface area contributed by atoms with Gasteiger partial charge in [-0.3, -0.25) is 0 Å². The molecule has 0 atom stereocenters. The maximum atomic E-state index is 5.52. The standard InChI is InChI=1S/C12H16O3/c1-9-6-10(4-5-11(9)13-2)12(14-3)7-15-8-12/h4-6H,7-8H2,1-3H3. The molecule has 0 amide bonds. The molecular formula is C12H16O3. The van der Waals surface area contributed by atoms with Crippen LogP contribution in [0.4, 0.5) is 0 Å². The van der Waals surface area contributed by atoms with Crippen LogP contribution in [0.25, 0.3) is 0 Å². The topological polar surface area (TPSA) is 27.7 Å². The third kappa shape index (κ3) is 1.62. The molecule has 15 heavy (non-hydrogen) atoms. The zero-order chi connectivity index (χ0) is 10.9. The maximum Gasteiger partial charge on any atom is 0.139 e. The first kappa shape index (κ1) is 10.5. The lowest BCUT2D eigenvalue weighted by Gasteiger charge is -2.40. The smallest absolute Gasteiger partial charge is 0.139 e. The van der Waals surface area contributed by atoms with Gasteiger partial charge in [0.2, 0.25) is 0 Å². The summed E-state index contributed by atoms with van der Waals surface area (Å²) in [5.74, 6) is 0.908. The fourth-order valence-corrected chi connectivity index (χ4v) is 1.85. The molecule has 1 aliphatic rings. The fraction of sp³-hybridized carbons (Fsp3) is 0.500. The van der Waals surface area contributed by atoms with Gasteiger partial charge in [-0.25, -0.2) is 0 Å². The second kappa shape index (κ2) is 3.83. The third-order valence-electron chi connectivity index (χ3n) is 2.98. The Hall–Kier alpha value is -1.06. The Balaban J connectivity index is 2.33. The molecule has 0 saturated carbocycles. The number of aryl methyl sites for hydroxylation is 1. The van der Waals surface area contributed by atoms with E-state index in [2.05, 4.69) is 6.07 Å². The number of ether oxygens (including phenoxy) is 3. The van der Waals surface area contributed by atoms with Crippen LogP contribution >= 0.6 is 0 Å². The molecule has 0 aromatic heterocycles. The van der Waals surface area contributed by atoms with Gasteiger partial charge < -0.3 is 14.2 Å². The van der Waals surface area contributed by atoms with Crippen LogP contribution in [0.2, 0.25) is 0 Å². The molecule has 0 bridgehead atoms. The molecule has 1 aromatic carbocycles. The number of hydrogen-bond acceptors (Lipinski definition) is 3. The fourth-order valence-electron chi connectivity index (χ4n) is 1.85. The van der Waals surface area contributed by atoms with E-state index in [0.29, 0.717) is 13.2 Å². The highest BCUT2D eigenvalue weighted by Gasteiger charge is 2.40. The Morgan fingerprint density at radius 1 is 1.27 bits per heavy atom. The second-order valence-electron chi connectivity index (χ2n) is 3.88. The van der Waals surface area contributed by atoms with Crippen LogP contribution in [-0.2, 0) is 15.1 Å². The predicted octanol–water partition coefficient (Wildman–Crippen LogP) is 1.88. The molecule has 1 aliphatic heterocycles. The van der Waals surface area contributed by atoms with Crippen molar-refractivity contribution in [3.05, 3.63) is 29.3 Å². The van der Waals surface area contributed by atoms with Gasteiger partial charge >= 0.3 is 0 Å². The van der Waals surface area contributed by atoms with Crippen LogP contribution < -0.4 is 4.74 Å². The highest BCUT2D eigenvalue weighted by atomic mass is 16.6. The first-order valence-corrected chi connectivity index (χ1v) is 5.00. The summed E-state index contributed by atoms with van der Waals surface area (Å²) in [4.78, 5) is 0. The Bertz CT molecular complexity index is 350. The predicted molar refractivity (Wildman–Crippen MR) is 57.2 cm³/mol. The average Bonchev–Trinajstić information content (AvgIpc) is 2.17. The molecule has 1 saturated heterocycles. The van der Waals surface area contributed by atoms with Crippen LogP contribution in [0.3, 0.4) is 0 Å². The average molecular weight is 208 g/mol. The van der Waals surface area contributed by atoms with E-state index < -0.39 is 0 Å². The summed E-state index contributed by atoms with van der Waals surface area (Å²) < 4.78 is 16.0. The molecule has 0 aliphatic carbocycles. The first-order valence-electron chi connectivity index (χ1n) is 5.00. The number of benzene rings is 1. The van der Waals surface area contributed by atoms with Crippen LogP contribution in [0, 0.1) is 6.92 Å². The molecule has 0 unspecified atom stereocenters. The molecule has 1 aromatic rings. The van der Waals surface area contributed by atoms with Crippen molar-refractivity contribution >= 4 is 0 Å². The minimum atomic E-state index is -0.239. The van der Waals surface area contributed by atoms with Crippen molar-refractivity contribution in [2.24, 2.45) is 0 Å². The summed E-state index contributed by atoms with van der Waals surface area (Å²) in [6, 6.07) is 6.12. The zero-order valence-electron chi connectivity index (χ0n) is 9.37. The van der Waals surface area contributed by atoms with Gasteiger partial charge in [0.25, 0.3) is 0 Å². The molecule has 0 radical (unpaired) electrons. The summed E-state index contributed by atoms with van der Waals surface area (Å²) >= 11 is 0. The first-order chi connectivity index (χ1) is 7.22. The summed E-state index contributed by atoms with van der Waals surface area (Å²) in [5, 5.41) is 0. The minimum absolute atomic E-state index is 0.239. The summed E-state index contributed by atoms with van der Waals surface area (Å²) in [5.41, 5.74) is 2.05. The van der Waals surface area contributed by atoms with E-state index in [4.69, 9.17) is 14.2 Å². The lowest BCUT2D eigenvalue weighted by molar-refractivity contribution is -0.202. The largest absolute Gasteiger partial charge is 0.496 e. The van der Waals surface area contributed by atoms with E-state index in [1.54, 1.807) is 14.2 Å². The monoisotopic (exact) mass is 208 g/mol. The maximum absolute atomic E-state index is 5.52. The van der Waals surface area contributed by atoms with E-state index >= 15 is 0 Å². The van der Waals surface area contributed by atoms with Crippen LogP contribution in [0.5, 0.6) is 5.75 Å². The van der Waals surface area contributed by atoms with Crippen molar-refractivity contribution in [1.82, 2.24) is 0 Å². The number of rotatable bonds is 3. The van der Waals surface area contributed by atoms with Gasteiger partial charge in [0.1, 0.15) is 11.4 Å². The molecule has 1 heterocycles. The Labute approximate surface area is 90.0 Å². The van der Waals surface area contributed by atoms with Crippen molar-refractivity contribution in [3.63, 3.8) is 0 Å². The van der Waals surface area contributed by atoms with E-state index in [0.717, 1.165) is 16.9 Å². The number of hydrogen-bond donors (Lipinski definition) is 0. The second-order valence-corrected chi connectivity index (χ2v) is 3.88. The SMILES string of the molecule is COc1ccc(C2(OC)COC2)cc1C. The summed E-state index contributed by atoms with van der Waals surface area (Å²) in [7, 11) is 3.41. The van der Waals surface area contributed by atoms with Crippen molar-refractivity contribution in [2.45, 2.75) is 12.5 Å². The van der Waals surface area contributed by atoms with E-state index in [1.807, 2.05) is 19.1 Å². The van der Waals surface area contributed by atoms with E-state index in [1.165, 1.54) is 0 Å². The van der Waals surface area contributed by atoms with Gasteiger partial charge in [0, 0.05) is 7.11 Å². The molecule has 3 nitrogen and oxygen atoms in total. The van der Waals surface area contributed by atoms with Gasteiger partial charge in [-0.15, -0.1) is 0 Å². The Kier molecular flexibility index (Phi) is 2.67. The van der Waals surface area contributed by atoms with Crippen LogP contribution in [0.15, 0.2) is 18.2 Å². The quantitative estimate of drug-likeness (QED) is 0.759. The van der Waals surface area contributed by atoms with Crippen LogP contribution in [-0.4, -0.2) is 27.4 Å². The molecule has 0 spiro atoms. The minimum Gasteiger partial charge on any atom is -0.496 e. The molecule has 1 fully saturated rings. The molecule has 0 N–H and O–H groups in total. The van der Waals surface area contributed by atoms with Gasteiger partial charge in [0.15, 0.2) is 0 Å². The summed E-state index contributed by atoms with van der Waals surface area (Å²) in [6.45, 7) is 3.30. The van der Waals surface area contributed by atoms with E-state index in [9.17, 15) is 0 Å². The Morgan fingerprint density at radius 2 is 2.00 bits per heavy atom. The van der Waals surface area contributed by atoms with Crippen molar-refractivity contribution in [3.8, 4) is 5.75 Å². The van der Waals surface area contributed by atoms with Crippen molar-refractivity contribution < 1.29 is 14.2 Å². The Morgan fingerprint density at radius 3 is 2.40 bits per heavy atom. The molecule has 2 rings (SSSR count). The van der Waals surface area contributed by atoms with E-state index in [-0.39, 0.29) is 5.60 Å². The zero-order valence-corrected chi connectivity index (χ0v) is 9.37. The van der Waals surface area contributed by atoms with Gasteiger partial charge in [-0.1, -0.05) is 6.07 Å². The molecule has 82 valence electrons. The lowest BCUT2D eigenvalue weighted by Crippen LogP contribution is -2.48. The third-order valence-corrected chi connectivity index (χ3v) is 2.98. The van der Waals surface area contributed by atoms with Gasteiger partial charge in [-0.2, -0.15) is 0 Å². The molecular weight excluding hydrogens is 192 g/mol.